The summed E-state index contributed by atoms with van der Waals surface area (Å²) < 4.78 is 2.49. The van der Waals surface area contributed by atoms with Crippen LogP contribution >= 0.6 is 11.3 Å². The van der Waals surface area contributed by atoms with Crippen molar-refractivity contribution in [3.05, 3.63) is 76.3 Å². The van der Waals surface area contributed by atoms with Gasteiger partial charge < -0.3 is 4.90 Å². The van der Waals surface area contributed by atoms with Gasteiger partial charge in [0.2, 0.25) is 0 Å². The molecule has 4 heterocycles. The second-order valence-electron chi connectivity index (χ2n) is 7.04. The molecule has 1 aromatic carbocycles. The van der Waals surface area contributed by atoms with E-state index in [4.69, 9.17) is 0 Å². The molecule has 0 spiro atoms. The van der Waals surface area contributed by atoms with Gasteiger partial charge in [-0.3, -0.25) is 14.6 Å². The number of hydrogen-bond donors (Lipinski definition) is 0. The summed E-state index contributed by atoms with van der Waals surface area (Å²) in [5, 5.41) is 4.98. The number of aromatic nitrogens is 4. The first-order valence-electron chi connectivity index (χ1n) is 9.31. The number of rotatable bonds is 4. The lowest BCUT2D eigenvalue weighted by Gasteiger charge is -2.38. The van der Waals surface area contributed by atoms with Crippen LogP contribution < -0.4 is 5.56 Å². The van der Waals surface area contributed by atoms with Crippen molar-refractivity contribution >= 4 is 27.5 Å². The number of hydrogen-bond acceptors (Lipinski definition) is 6. The molecule has 0 atom stereocenters. The Labute approximate surface area is 170 Å². The van der Waals surface area contributed by atoms with E-state index in [-0.39, 0.29) is 17.4 Å². The van der Waals surface area contributed by atoms with E-state index >= 15 is 0 Å². The van der Waals surface area contributed by atoms with Crippen LogP contribution in [0.25, 0.3) is 21.5 Å². The van der Waals surface area contributed by atoms with E-state index in [1.54, 1.807) is 23.4 Å². The molecule has 0 bridgehead atoms. The Hall–Kier alpha value is -3.39. The number of para-hydroxylation sites is 1. The monoisotopic (exact) mass is 403 g/mol. The minimum absolute atomic E-state index is 0.0492. The zero-order valence-corrected chi connectivity index (χ0v) is 16.2. The highest BCUT2D eigenvalue weighted by Crippen LogP contribution is 2.26. The number of carbonyl (C=O) groups is 1. The first-order chi connectivity index (χ1) is 14.2. The Kier molecular flexibility index (Phi) is 4.40. The van der Waals surface area contributed by atoms with Crippen molar-refractivity contribution in [1.82, 2.24) is 24.6 Å². The second kappa shape index (κ2) is 7.21. The zero-order valence-electron chi connectivity index (χ0n) is 15.4. The summed E-state index contributed by atoms with van der Waals surface area (Å²) in [7, 11) is 0. The largest absolute Gasteiger partial charge is 0.336 e. The molecule has 3 aromatic heterocycles. The fourth-order valence-corrected chi connectivity index (χ4v) is 4.38. The van der Waals surface area contributed by atoms with E-state index in [0.717, 1.165) is 15.8 Å². The van der Waals surface area contributed by atoms with Crippen molar-refractivity contribution in [2.24, 2.45) is 5.92 Å². The van der Waals surface area contributed by atoms with Crippen LogP contribution in [0.2, 0.25) is 0 Å². The third-order valence-electron chi connectivity index (χ3n) is 4.98. The van der Waals surface area contributed by atoms with Crippen LogP contribution in [0.3, 0.4) is 0 Å². The lowest BCUT2D eigenvalue weighted by atomic mass is 10.0. The van der Waals surface area contributed by atoms with E-state index < -0.39 is 0 Å². The van der Waals surface area contributed by atoms with Crippen molar-refractivity contribution in [1.29, 1.82) is 0 Å². The highest BCUT2D eigenvalue weighted by Gasteiger charge is 2.33. The topological polar surface area (TPSA) is 81.0 Å². The normalized spacial score (nSPS) is 14.1. The number of nitrogens with zero attached hydrogens (tertiary/aromatic N) is 5. The first-order valence-corrected chi connectivity index (χ1v) is 10.1. The maximum Gasteiger partial charge on any atom is 0.282 e. The third kappa shape index (κ3) is 3.42. The van der Waals surface area contributed by atoms with Crippen LogP contribution in [-0.4, -0.2) is 43.6 Å². The summed E-state index contributed by atoms with van der Waals surface area (Å²) in [4.78, 5) is 35.2. The van der Waals surface area contributed by atoms with Gasteiger partial charge in [0, 0.05) is 43.0 Å². The van der Waals surface area contributed by atoms with Crippen molar-refractivity contribution in [3.63, 3.8) is 0 Å². The smallest absolute Gasteiger partial charge is 0.282 e. The lowest BCUT2D eigenvalue weighted by molar-refractivity contribution is 0.0458. The van der Waals surface area contributed by atoms with Crippen molar-refractivity contribution in [2.75, 3.05) is 13.1 Å². The molecule has 0 aliphatic carbocycles. The lowest BCUT2D eigenvalue weighted by Crippen LogP contribution is -2.52. The molecule has 1 aliphatic heterocycles. The molecular formula is C21H17N5O2S. The molecule has 4 aromatic rings. The Morgan fingerprint density at radius 1 is 1.10 bits per heavy atom. The molecule has 1 saturated heterocycles. The fraction of sp³-hybridized carbons (Fsp3) is 0.190. The van der Waals surface area contributed by atoms with Gasteiger partial charge in [-0.1, -0.05) is 12.1 Å². The molecule has 0 radical (unpaired) electrons. The van der Waals surface area contributed by atoms with Gasteiger partial charge in [-0.15, -0.1) is 11.3 Å². The summed E-state index contributed by atoms with van der Waals surface area (Å²) in [6, 6.07) is 14.7. The number of fused-ring (bicyclic) bond motifs is 1. The Morgan fingerprint density at radius 2 is 1.97 bits per heavy atom. The zero-order chi connectivity index (χ0) is 19.8. The maximum atomic E-state index is 12.7. The molecule has 1 fully saturated rings. The molecule has 8 heteroatoms. The highest BCUT2D eigenvalue weighted by molar-refractivity contribution is 7.20. The van der Waals surface area contributed by atoms with E-state index in [1.165, 1.54) is 22.1 Å². The van der Waals surface area contributed by atoms with Crippen molar-refractivity contribution in [2.45, 2.75) is 6.54 Å². The van der Waals surface area contributed by atoms with Gasteiger partial charge >= 0.3 is 0 Å². The fourth-order valence-electron chi connectivity index (χ4n) is 3.44. The van der Waals surface area contributed by atoms with E-state index in [9.17, 15) is 9.59 Å². The molecule has 1 amide bonds. The Morgan fingerprint density at radius 3 is 2.76 bits per heavy atom. The Balaban J connectivity index is 1.27. The third-order valence-corrected chi connectivity index (χ3v) is 6.00. The quantitative estimate of drug-likeness (QED) is 0.523. The van der Waals surface area contributed by atoms with Gasteiger partial charge in [-0.05, 0) is 30.3 Å². The van der Waals surface area contributed by atoms with E-state index in [1.807, 2.05) is 36.4 Å². The average Bonchev–Trinajstić information content (AvgIpc) is 3.16. The number of amides is 1. The molecule has 5 rings (SSSR count). The van der Waals surface area contributed by atoms with Crippen LogP contribution in [0.4, 0.5) is 0 Å². The summed E-state index contributed by atoms with van der Waals surface area (Å²) >= 11 is 1.41. The van der Waals surface area contributed by atoms with Gasteiger partial charge in [0.05, 0.1) is 22.5 Å². The summed E-state index contributed by atoms with van der Waals surface area (Å²) in [5.41, 5.74) is 2.27. The van der Waals surface area contributed by atoms with Crippen LogP contribution in [-0.2, 0) is 6.54 Å². The van der Waals surface area contributed by atoms with Gasteiger partial charge in [-0.2, -0.15) is 5.10 Å². The number of thiazole rings is 1. The SMILES string of the molecule is O=C(c1nc2ccccc2s1)N1CC(Cn2nc(-c3cccnc3)ccc2=O)C1. The number of carbonyl (C=O) groups excluding carboxylic acids is 1. The first kappa shape index (κ1) is 17.7. The molecule has 1 aliphatic rings. The van der Waals surface area contributed by atoms with Crippen LogP contribution in [0.1, 0.15) is 9.80 Å². The number of pyridine rings is 1. The highest BCUT2D eigenvalue weighted by atomic mass is 32.1. The number of benzene rings is 1. The second-order valence-corrected chi connectivity index (χ2v) is 8.07. The Bertz CT molecular complexity index is 1210. The van der Waals surface area contributed by atoms with Gasteiger partial charge in [0.1, 0.15) is 0 Å². The predicted molar refractivity (Wildman–Crippen MR) is 111 cm³/mol. The minimum atomic E-state index is -0.145. The predicted octanol–water partition coefficient (Wildman–Crippen LogP) is 2.69. The van der Waals surface area contributed by atoms with Gasteiger partial charge in [0.15, 0.2) is 5.01 Å². The molecule has 0 N–H and O–H groups in total. The minimum Gasteiger partial charge on any atom is -0.336 e. The van der Waals surface area contributed by atoms with Crippen LogP contribution in [0.5, 0.6) is 0 Å². The molecule has 29 heavy (non-hydrogen) atoms. The summed E-state index contributed by atoms with van der Waals surface area (Å²) in [6.45, 7) is 1.68. The number of likely N-dealkylation sites (tertiary alicyclic amines) is 1. The van der Waals surface area contributed by atoms with Gasteiger partial charge in [-0.25, -0.2) is 9.67 Å². The standard InChI is InChI=1S/C21H17N5O2S/c27-19-8-7-16(15-4-3-9-22-10-15)24-26(19)13-14-11-25(12-14)21(28)20-23-17-5-1-2-6-18(17)29-20/h1-10,14H,11-13H2. The van der Waals surface area contributed by atoms with Crippen molar-refractivity contribution in [3.8, 4) is 11.3 Å². The molecule has 0 saturated carbocycles. The molecule has 144 valence electrons. The van der Waals surface area contributed by atoms with E-state index in [2.05, 4.69) is 15.1 Å². The van der Waals surface area contributed by atoms with E-state index in [0.29, 0.717) is 30.3 Å². The maximum absolute atomic E-state index is 12.7. The average molecular weight is 403 g/mol. The van der Waals surface area contributed by atoms with Crippen LogP contribution in [0, 0.1) is 5.92 Å². The van der Waals surface area contributed by atoms with Crippen molar-refractivity contribution < 1.29 is 4.79 Å². The molecular weight excluding hydrogens is 386 g/mol. The van der Waals surface area contributed by atoms with Gasteiger partial charge in [0.25, 0.3) is 11.5 Å². The van der Waals surface area contributed by atoms with Crippen LogP contribution in [0.15, 0.2) is 65.7 Å². The summed E-state index contributed by atoms with van der Waals surface area (Å²) in [5.74, 6) is 0.148. The summed E-state index contributed by atoms with van der Waals surface area (Å²) in [6.07, 6.45) is 3.42. The molecule has 0 unspecified atom stereocenters. The molecule has 7 nitrogen and oxygen atoms in total.